The average molecular weight is 359 g/mol. The lowest BCUT2D eigenvalue weighted by Gasteiger charge is -2.37. The Labute approximate surface area is 155 Å². The molecule has 2 N–H and O–H groups in total. The van der Waals surface area contributed by atoms with Gasteiger partial charge >= 0.3 is 0 Å². The number of allylic oxidation sites excluding steroid dienone is 1. The molecule has 0 aromatic heterocycles. The Kier molecular flexibility index (Phi) is 6.69. The Balaban J connectivity index is 1.86. The van der Waals surface area contributed by atoms with E-state index >= 15 is 0 Å². The Morgan fingerprint density at radius 3 is 2.69 bits per heavy atom. The quantitative estimate of drug-likeness (QED) is 0.748. The number of amides is 1. The van der Waals surface area contributed by atoms with Crippen LogP contribution >= 0.6 is 0 Å². The molecule has 1 saturated carbocycles. The Hall–Kier alpha value is -1.85. The first-order valence-electron chi connectivity index (χ1n) is 9.69. The maximum absolute atomic E-state index is 12.6. The molecule has 5 nitrogen and oxygen atoms in total. The highest BCUT2D eigenvalue weighted by atomic mass is 16.7. The van der Waals surface area contributed by atoms with Crippen LogP contribution in [0.15, 0.2) is 42.2 Å². The SMILES string of the molecule is CCO[C@H]1OC(C(=O)NC2CCC2)=C[C@@H](c2ccccc2)[C@@H]1CCCO. The van der Waals surface area contributed by atoms with Crippen molar-refractivity contribution in [3.8, 4) is 0 Å². The predicted molar refractivity (Wildman–Crippen MR) is 99.4 cm³/mol. The Bertz CT molecular complexity index is 612. The van der Waals surface area contributed by atoms with Crippen molar-refractivity contribution in [3.63, 3.8) is 0 Å². The van der Waals surface area contributed by atoms with Crippen LogP contribution in [0.4, 0.5) is 0 Å². The monoisotopic (exact) mass is 359 g/mol. The third-order valence-corrected chi connectivity index (χ3v) is 5.26. The standard InChI is InChI=1S/C21H29NO4/c1-2-25-21-17(12-7-13-23)18(15-8-4-3-5-9-15)14-19(26-21)20(24)22-16-10-6-11-16/h3-5,8-9,14,16-18,21,23H,2,6-7,10-13H2,1H3,(H,22,24)/t17-,18-,21-/m0/s1. The van der Waals surface area contributed by atoms with E-state index in [9.17, 15) is 9.90 Å². The summed E-state index contributed by atoms with van der Waals surface area (Å²) in [6, 6.07) is 10.4. The van der Waals surface area contributed by atoms with Gasteiger partial charge in [-0.3, -0.25) is 4.79 Å². The number of carbonyl (C=O) groups is 1. The largest absolute Gasteiger partial charge is 0.459 e. The molecule has 1 aromatic carbocycles. The molecule has 0 spiro atoms. The van der Waals surface area contributed by atoms with Gasteiger partial charge in [-0.2, -0.15) is 0 Å². The van der Waals surface area contributed by atoms with E-state index in [0.29, 0.717) is 18.8 Å². The molecular formula is C21H29NO4. The van der Waals surface area contributed by atoms with E-state index in [0.717, 1.165) is 24.8 Å². The Morgan fingerprint density at radius 2 is 2.08 bits per heavy atom. The van der Waals surface area contributed by atoms with Crippen molar-refractivity contribution in [1.82, 2.24) is 5.32 Å². The molecule has 0 saturated heterocycles. The molecular weight excluding hydrogens is 330 g/mol. The van der Waals surface area contributed by atoms with E-state index in [2.05, 4.69) is 17.4 Å². The molecule has 1 aromatic rings. The van der Waals surface area contributed by atoms with Gasteiger partial charge in [0.25, 0.3) is 5.91 Å². The fourth-order valence-corrected chi connectivity index (χ4v) is 3.63. The summed E-state index contributed by atoms with van der Waals surface area (Å²) in [4.78, 5) is 12.6. The molecule has 5 heteroatoms. The highest BCUT2D eigenvalue weighted by Gasteiger charge is 2.38. The minimum Gasteiger partial charge on any atom is -0.459 e. The zero-order chi connectivity index (χ0) is 18.4. The number of ether oxygens (including phenoxy) is 2. The van der Waals surface area contributed by atoms with Crippen molar-refractivity contribution in [2.75, 3.05) is 13.2 Å². The predicted octanol–water partition coefficient (Wildman–Crippen LogP) is 3.10. The lowest BCUT2D eigenvalue weighted by molar-refractivity contribution is -0.167. The number of hydrogen-bond acceptors (Lipinski definition) is 4. The molecule has 1 aliphatic carbocycles. The van der Waals surface area contributed by atoms with Gasteiger partial charge in [0.2, 0.25) is 6.29 Å². The molecule has 26 heavy (non-hydrogen) atoms. The van der Waals surface area contributed by atoms with Crippen LogP contribution < -0.4 is 5.32 Å². The lowest BCUT2D eigenvalue weighted by atomic mass is 9.80. The zero-order valence-corrected chi connectivity index (χ0v) is 15.4. The number of nitrogens with one attached hydrogen (secondary N) is 1. The van der Waals surface area contributed by atoms with Gasteiger partial charge in [-0.1, -0.05) is 30.3 Å². The van der Waals surface area contributed by atoms with Crippen LogP contribution in [-0.4, -0.2) is 36.6 Å². The summed E-state index contributed by atoms with van der Waals surface area (Å²) in [5.74, 6) is 0.283. The fraction of sp³-hybridized carbons (Fsp3) is 0.571. The minimum atomic E-state index is -0.483. The molecule has 3 rings (SSSR count). The normalized spacial score (nSPS) is 25.8. The number of aliphatic hydroxyl groups excluding tert-OH is 1. The Morgan fingerprint density at radius 1 is 1.31 bits per heavy atom. The zero-order valence-electron chi connectivity index (χ0n) is 15.4. The first-order chi connectivity index (χ1) is 12.7. The first kappa shape index (κ1) is 18.9. The van der Waals surface area contributed by atoms with Crippen LogP contribution in [0.5, 0.6) is 0 Å². The summed E-state index contributed by atoms with van der Waals surface area (Å²) in [7, 11) is 0. The molecule has 3 atom stereocenters. The van der Waals surface area contributed by atoms with Gasteiger partial charge in [0.15, 0.2) is 5.76 Å². The highest BCUT2D eigenvalue weighted by molar-refractivity contribution is 5.92. The number of hydrogen-bond donors (Lipinski definition) is 2. The second-order valence-electron chi connectivity index (χ2n) is 7.04. The van der Waals surface area contributed by atoms with Crippen molar-refractivity contribution >= 4 is 5.91 Å². The minimum absolute atomic E-state index is 0.0233. The summed E-state index contributed by atoms with van der Waals surface area (Å²) in [6.45, 7) is 2.57. The summed E-state index contributed by atoms with van der Waals surface area (Å²) in [5.41, 5.74) is 1.14. The third kappa shape index (κ3) is 4.46. The topological polar surface area (TPSA) is 67.8 Å². The summed E-state index contributed by atoms with van der Waals surface area (Å²) in [6.07, 6.45) is 6.14. The van der Waals surface area contributed by atoms with Crippen LogP contribution in [0.3, 0.4) is 0 Å². The second kappa shape index (κ2) is 9.19. The van der Waals surface area contributed by atoms with E-state index in [1.807, 2.05) is 31.2 Å². The average Bonchev–Trinajstić information content (AvgIpc) is 2.64. The van der Waals surface area contributed by atoms with Gasteiger partial charge in [-0.05, 0) is 50.7 Å². The molecule has 2 aliphatic rings. The van der Waals surface area contributed by atoms with Gasteiger partial charge in [-0.25, -0.2) is 0 Å². The number of benzene rings is 1. The van der Waals surface area contributed by atoms with E-state index in [1.54, 1.807) is 0 Å². The van der Waals surface area contributed by atoms with Crippen LogP contribution in [-0.2, 0) is 14.3 Å². The van der Waals surface area contributed by atoms with Crippen LogP contribution in [0.1, 0.15) is 50.5 Å². The van der Waals surface area contributed by atoms with E-state index < -0.39 is 6.29 Å². The van der Waals surface area contributed by atoms with Crippen molar-refractivity contribution in [1.29, 1.82) is 0 Å². The van der Waals surface area contributed by atoms with E-state index in [1.165, 1.54) is 6.42 Å². The molecule has 1 fully saturated rings. The van der Waals surface area contributed by atoms with Crippen molar-refractivity contribution in [3.05, 3.63) is 47.7 Å². The smallest absolute Gasteiger partial charge is 0.286 e. The molecule has 1 aliphatic heterocycles. The van der Waals surface area contributed by atoms with Crippen LogP contribution in [0.2, 0.25) is 0 Å². The highest BCUT2D eigenvalue weighted by Crippen LogP contribution is 2.39. The third-order valence-electron chi connectivity index (χ3n) is 5.26. The fourth-order valence-electron chi connectivity index (χ4n) is 3.63. The van der Waals surface area contributed by atoms with Gasteiger partial charge in [0.1, 0.15) is 0 Å². The van der Waals surface area contributed by atoms with Gasteiger partial charge in [-0.15, -0.1) is 0 Å². The first-order valence-corrected chi connectivity index (χ1v) is 9.69. The lowest BCUT2D eigenvalue weighted by Crippen LogP contribution is -2.43. The molecule has 0 radical (unpaired) electrons. The van der Waals surface area contributed by atoms with E-state index in [4.69, 9.17) is 9.47 Å². The summed E-state index contributed by atoms with van der Waals surface area (Å²) < 4.78 is 11.8. The van der Waals surface area contributed by atoms with Crippen molar-refractivity contribution in [2.45, 2.75) is 57.3 Å². The van der Waals surface area contributed by atoms with E-state index in [-0.39, 0.29) is 30.4 Å². The molecule has 1 amide bonds. The van der Waals surface area contributed by atoms with Crippen LogP contribution in [0, 0.1) is 5.92 Å². The molecule has 142 valence electrons. The summed E-state index contributed by atoms with van der Waals surface area (Å²) >= 11 is 0. The molecule has 0 unspecified atom stereocenters. The number of carbonyl (C=O) groups excluding carboxylic acids is 1. The maximum atomic E-state index is 12.6. The number of rotatable bonds is 8. The maximum Gasteiger partial charge on any atom is 0.286 e. The van der Waals surface area contributed by atoms with Crippen LogP contribution in [0.25, 0.3) is 0 Å². The second-order valence-corrected chi connectivity index (χ2v) is 7.04. The molecule has 0 bridgehead atoms. The van der Waals surface area contributed by atoms with Gasteiger partial charge in [0.05, 0.1) is 0 Å². The number of aliphatic hydroxyl groups is 1. The van der Waals surface area contributed by atoms with Gasteiger partial charge < -0.3 is 19.9 Å². The van der Waals surface area contributed by atoms with Crippen molar-refractivity contribution < 1.29 is 19.4 Å². The van der Waals surface area contributed by atoms with Gasteiger partial charge in [0, 0.05) is 31.1 Å². The van der Waals surface area contributed by atoms with Crippen molar-refractivity contribution in [2.24, 2.45) is 5.92 Å². The summed E-state index contributed by atoms with van der Waals surface area (Å²) in [5, 5.41) is 12.3. The molecule has 1 heterocycles.